The Kier molecular flexibility index (Phi) is 7.28. The highest BCUT2D eigenvalue weighted by Crippen LogP contribution is 2.34. The fourth-order valence-corrected chi connectivity index (χ4v) is 4.15. The van der Waals surface area contributed by atoms with Crippen LogP contribution in [0.3, 0.4) is 0 Å². The van der Waals surface area contributed by atoms with Gasteiger partial charge in [-0.15, -0.1) is 0 Å². The maximum Gasteiger partial charge on any atom is 0.270 e. The van der Waals surface area contributed by atoms with Crippen molar-refractivity contribution in [2.45, 2.75) is 13.8 Å². The average Bonchev–Trinajstić information content (AvgIpc) is 2.96. The fraction of sp³-hybridized carbons (Fsp3) is 0.0625. The number of aryl methyl sites for hydroxylation is 2. The third kappa shape index (κ3) is 5.76. The number of hydrogen-bond acceptors (Lipinski definition) is 6. The molecular weight excluding hydrogens is 484 g/mol. The van der Waals surface area contributed by atoms with Crippen LogP contribution >= 0.6 is 0 Å². The molecule has 0 spiro atoms. The van der Waals surface area contributed by atoms with Crippen LogP contribution in [-0.4, -0.2) is 16.2 Å². The van der Waals surface area contributed by atoms with Gasteiger partial charge in [0.15, 0.2) is 0 Å². The molecule has 2 N–H and O–H groups in total. The van der Waals surface area contributed by atoms with Crippen LogP contribution in [0.25, 0.3) is 11.3 Å². The summed E-state index contributed by atoms with van der Waals surface area (Å²) in [6.45, 7) is 4.15. The minimum absolute atomic E-state index is 0.0435. The van der Waals surface area contributed by atoms with E-state index in [1.807, 2.05) is 48.5 Å². The third-order valence-electron chi connectivity index (χ3n) is 6.20. The summed E-state index contributed by atoms with van der Waals surface area (Å²) in [5, 5.41) is 13.7. The van der Waals surface area contributed by atoms with E-state index in [2.05, 4.69) is 87.8 Å². The molecule has 0 bridgehead atoms. The zero-order chi connectivity index (χ0) is 27.2. The van der Waals surface area contributed by atoms with Crippen molar-refractivity contribution in [1.29, 1.82) is 5.26 Å². The number of hydrazone groups is 1. The topological polar surface area (TPSA) is 97.2 Å². The molecule has 0 saturated heterocycles. The normalized spacial score (nSPS) is 10.8. The Labute approximate surface area is 226 Å². The number of H-pyrrole nitrogens is 1. The van der Waals surface area contributed by atoms with Crippen LogP contribution in [0.1, 0.15) is 22.3 Å². The first kappa shape index (κ1) is 25.2. The summed E-state index contributed by atoms with van der Waals surface area (Å²) in [4.78, 5) is 21.6. The van der Waals surface area contributed by atoms with E-state index >= 15 is 0 Å². The molecule has 7 nitrogen and oxygen atoms in total. The molecule has 5 rings (SSSR count). The highest BCUT2D eigenvalue weighted by atomic mass is 16.1. The van der Waals surface area contributed by atoms with Gasteiger partial charge in [-0.05, 0) is 55.8 Å². The standard InChI is InChI=1S/C32H26N6O/c1-22-8-14-26(15-9-22)38(27-16-10-23(2)11-17-27)28-18-12-24(13-19-28)21-34-37-32-35-30(25-6-4-3-5-7-25)29(20-33)31(39)36-32/h3-19,21H,1-2H3,(H2,35,36,37,39). The Morgan fingerprint density at radius 1 is 0.821 bits per heavy atom. The quantitative estimate of drug-likeness (QED) is 0.185. The highest BCUT2D eigenvalue weighted by Gasteiger charge is 2.14. The second kappa shape index (κ2) is 11.3. The van der Waals surface area contributed by atoms with Crippen molar-refractivity contribution in [3.8, 4) is 17.3 Å². The number of aromatic nitrogens is 2. The highest BCUT2D eigenvalue weighted by molar-refractivity contribution is 5.83. The zero-order valence-electron chi connectivity index (χ0n) is 21.6. The van der Waals surface area contributed by atoms with Crippen LogP contribution in [-0.2, 0) is 0 Å². The molecule has 0 unspecified atom stereocenters. The number of anilines is 4. The zero-order valence-corrected chi connectivity index (χ0v) is 21.6. The Hall–Kier alpha value is -5.48. The smallest absolute Gasteiger partial charge is 0.270 e. The molecule has 0 aliphatic heterocycles. The second-order valence-corrected chi connectivity index (χ2v) is 9.08. The first-order valence-electron chi connectivity index (χ1n) is 12.4. The lowest BCUT2D eigenvalue weighted by molar-refractivity contribution is 1.08. The third-order valence-corrected chi connectivity index (χ3v) is 6.20. The summed E-state index contributed by atoms with van der Waals surface area (Å²) in [6.07, 6.45) is 1.65. The number of benzene rings is 4. The van der Waals surface area contributed by atoms with Gasteiger partial charge in [-0.1, -0.05) is 77.9 Å². The largest absolute Gasteiger partial charge is 0.311 e. The van der Waals surface area contributed by atoms with Crippen molar-refractivity contribution < 1.29 is 0 Å². The minimum atomic E-state index is -0.527. The van der Waals surface area contributed by atoms with Crippen molar-refractivity contribution in [2.24, 2.45) is 5.10 Å². The summed E-state index contributed by atoms with van der Waals surface area (Å²) in [5.41, 5.74) is 9.60. The summed E-state index contributed by atoms with van der Waals surface area (Å²) in [7, 11) is 0. The van der Waals surface area contributed by atoms with E-state index in [0.29, 0.717) is 11.3 Å². The van der Waals surface area contributed by atoms with Crippen LogP contribution in [0.2, 0.25) is 0 Å². The van der Waals surface area contributed by atoms with Crippen molar-refractivity contribution in [3.05, 3.63) is 136 Å². The lowest BCUT2D eigenvalue weighted by Crippen LogP contribution is -2.16. The van der Waals surface area contributed by atoms with Gasteiger partial charge in [0.2, 0.25) is 5.95 Å². The van der Waals surface area contributed by atoms with E-state index in [4.69, 9.17) is 0 Å². The van der Waals surface area contributed by atoms with Gasteiger partial charge >= 0.3 is 0 Å². The van der Waals surface area contributed by atoms with E-state index in [1.54, 1.807) is 18.3 Å². The number of aromatic amines is 1. The second-order valence-electron chi connectivity index (χ2n) is 9.08. The van der Waals surface area contributed by atoms with Crippen LogP contribution in [0.15, 0.2) is 113 Å². The van der Waals surface area contributed by atoms with Crippen molar-refractivity contribution in [1.82, 2.24) is 9.97 Å². The number of nitriles is 1. The Balaban J connectivity index is 1.38. The Morgan fingerprint density at radius 2 is 1.36 bits per heavy atom. The van der Waals surface area contributed by atoms with Gasteiger partial charge in [-0.3, -0.25) is 9.78 Å². The molecule has 0 radical (unpaired) electrons. The molecule has 1 heterocycles. The van der Waals surface area contributed by atoms with Gasteiger partial charge in [0.25, 0.3) is 5.56 Å². The minimum Gasteiger partial charge on any atom is -0.311 e. The Bertz CT molecular complexity index is 1650. The van der Waals surface area contributed by atoms with Crippen molar-refractivity contribution in [3.63, 3.8) is 0 Å². The monoisotopic (exact) mass is 510 g/mol. The maximum absolute atomic E-state index is 12.5. The SMILES string of the molecule is Cc1ccc(N(c2ccc(C)cc2)c2ccc(C=NNc3nc(-c4ccccc4)c(C#N)c(=O)[nH]3)cc2)cc1. The van der Waals surface area contributed by atoms with Crippen LogP contribution in [0.5, 0.6) is 0 Å². The van der Waals surface area contributed by atoms with Crippen molar-refractivity contribution >= 4 is 29.2 Å². The lowest BCUT2D eigenvalue weighted by Gasteiger charge is -2.25. The van der Waals surface area contributed by atoms with Crippen LogP contribution < -0.4 is 15.9 Å². The van der Waals surface area contributed by atoms with E-state index in [0.717, 1.165) is 22.6 Å². The van der Waals surface area contributed by atoms with E-state index in [1.165, 1.54) is 11.1 Å². The molecule has 0 saturated carbocycles. The molecule has 5 aromatic rings. The van der Waals surface area contributed by atoms with E-state index in [-0.39, 0.29) is 11.5 Å². The van der Waals surface area contributed by atoms with Gasteiger partial charge in [-0.25, -0.2) is 10.4 Å². The molecule has 4 aromatic carbocycles. The number of hydrogen-bond donors (Lipinski definition) is 2. The number of rotatable bonds is 7. The first-order chi connectivity index (χ1) is 19.0. The molecule has 1 aromatic heterocycles. The Morgan fingerprint density at radius 3 is 1.90 bits per heavy atom. The summed E-state index contributed by atoms with van der Waals surface area (Å²) < 4.78 is 0. The predicted octanol–water partition coefficient (Wildman–Crippen LogP) is 6.84. The van der Waals surface area contributed by atoms with Gasteiger partial charge in [0.1, 0.15) is 11.6 Å². The first-order valence-corrected chi connectivity index (χ1v) is 12.4. The average molecular weight is 511 g/mol. The molecule has 0 fully saturated rings. The molecule has 0 aliphatic carbocycles. The van der Waals surface area contributed by atoms with E-state index in [9.17, 15) is 10.1 Å². The van der Waals surface area contributed by atoms with Crippen molar-refractivity contribution in [2.75, 3.05) is 10.3 Å². The predicted molar refractivity (Wildman–Crippen MR) is 157 cm³/mol. The number of nitrogens with one attached hydrogen (secondary N) is 2. The lowest BCUT2D eigenvalue weighted by atomic mass is 10.1. The molecule has 0 atom stereocenters. The summed E-state index contributed by atoms with van der Waals surface area (Å²) in [6, 6.07) is 35.9. The molecule has 190 valence electrons. The molecule has 0 aliphatic rings. The van der Waals surface area contributed by atoms with Gasteiger partial charge < -0.3 is 4.90 Å². The van der Waals surface area contributed by atoms with Gasteiger partial charge in [0, 0.05) is 22.6 Å². The molecular formula is C32H26N6O. The number of nitrogens with zero attached hydrogens (tertiary/aromatic N) is 4. The fourth-order valence-electron chi connectivity index (χ4n) is 4.15. The molecule has 0 amide bonds. The molecule has 39 heavy (non-hydrogen) atoms. The summed E-state index contributed by atoms with van der Waals surface area (Å²) >= 11 is 0. The maximum atomic E-state index is 12.5. The molecule has 7 heteroatoms. The van der Waals surface area contributed by atoms with Crippen LogP contribution in [0.4, 0.5) is 23.0 Å². The van der Waals surface area contributed by atoms with E-state index < -0.39 is 5.56 Å². The van der Waals surface area contributed by atoms with Gasteiger partial charge in [-0.2, -0.15) is 10.4 Å². The summed E-state index contributed by atoms with van der Waals surface area (Å²) in [5.74, 6) is 0.149. The van der Waals surface area contributed by atoms with Crippen LogP contribution in [0, 0.1) is 25.2 Å². The van der Waals surface area contributed by atoms with Gasteiger partial charge in [0.05, 0.1) is 11.9 Å².